The number of halogens is 1. The van der Waals surface area contributed by atoms with Crippen LogP contribution in [0, 0.1) is 5.92 Å². The fourth-order valence-corrected chi connectivity index (χ4v) is 4.64. The number of nitrogens with one attached hydrogen (secondary N) is 2. The maximum absolute atomic E-state index is 13.0. The standard InChI is InChI=1S/C26H25ClN4O3/c27-22-8-4-3-7-20(22)26(32)34-25(23-14-29-31-30-23)21-11-12-28-15-24(21)33-16-17-9-10-18-5-1-2-6-19(18)13-17/h1-10,13-14,21,24-25,28H,11-12,15-16H2,(H,29,30,31). The van der Waals surface area contributed by atoms with Gasteiger partial charge in [-0.05, 0) is 47.5 Å². The highest BCUT2D eigenvalue weighted by Gasteiger charge is 2.38. The van der Waals surface area contributed by atoms with Crippen molar-refractivity contribution in [3.05, 3.63) is 94.8 Å². The molecule has 5 rings (SSSR count). The number of nitrogens with zero attached hydrogens (tertiary/aromatic N) is 2. The summed E-state index contributed by atoms with van der Waals surface area (Å²) in [5, 5.41) is 16.9. The highest BCUT2D eigenvalue weighted by molar-refractivity contribution is 6.33. The summed E-state index contributed by atoms with van der Waals surface area (Å²) in [6.07, 6.45) is 1.55. The predicted molar refractivity (Wildman–Crippen MR) is 129 cm³/mol. The first-order valence-corrected chi connectivity index (χ1v) is 11.7. The predicted octanol–water partition coefficient (Wildman–Crippen LogP) is 4.70. The van der Waals surface area contributed by atoms with E-state index >= 15 is 0 Å². The molecular weight excluding hydrogens is 452 g/mol. The van der Waals surface area contributed by atoms with Gasteiger partial charge in [-0.3, -0.25) is 0 Å². The lowest BCUT2D eigenvalue weighted by Gasteiger charge is -2.36. The summed E-state index contributed by atoms with van der Waals surface area (Å²) in [6.45, 7) is 1.90. The number of carbonyl (C=O) groups is 1. The first-order valence-electron chi connectivity index (χ1n) is 11.3. The Balaban J connectivity index is 1.35. The average Bonchev–Trinajstić information content (AvgIpc) is 3.41. The summed E-state index contributed by atoms with van der Waals surface area (Å²) >= 11 is 6.23. The Morgan fingerprint density at radius 3 is 2.74 bits per heavy atom. The Labute approximate surface area is 202 Å². The van der Waals surface area contributed by atoms with Crippen molar-refractivity contribution >= 4 is 28.3 Å². The van der Waals surface area contributed by atoms with Gasteiger partial charge in [-0.15, -0.1) is 0 Å². The van der Waals surface area contributed by atoms with Crippen LogP contribution in [0.3, 0.4) is 0 Å². The number of H-pyrrole nitrogens is 1. The molecule has 1 saturated heterocycles. The number of benzene rings is 3. The molecule has 1 aromatic heterocycles. The van der Waals surface area contributed by atoms with E-state index in [1.54, 1.807) is 30.5 Å². The maximum atomic E-state index is 13.0. The lowest BCUT2D eigenvalue weighted by molar-refractivity contribution is -0.0683. The van der Waals surface area contributed by atoms with Crippen LogP contribution in [0.1, 0.15) is 34.1 Å². The molecule has 3 unspecified atom stereocenters. The van der Waals surface area contributed by atoms with E-state index in [-0.39, 0.29) is 12.0 Å². The Kier molecular flexibility index (Phi) is 6.85. The summed E-state index contributed by atoms with van der Waals surface area (Å²) in [5.41, 5.74) is 1.97. The van der Waals surface area contributed by atoms with Gasteiger partial charge in [0, 0.05) is 12.5 Å². The molecule has 1 fully saturated rings. The number of hydrogen-bond acceptors (Lipinski definition) is 6. The molecule has 0 aliphatic carbocycles. The van der Waals surface area contributed by atoms with Gasteiger partial charge in [-0.2, -0.15) is 15.4 Å². The minimum atomic E-state index is -0.619. The van der Waals surface area contributed by atoms with Crippen LogP contribution in [0.5, 0.6) is 0 Å². The van der Waals surface area contributed by atoms with E-state index in [0.717, 1.165) is 18.5 Å². The molecule has 1 aliphatic rings. The van der Waals surface area contributed by atoms with Crippen molar-refractivity contribution in [3.8, 4) is 0 Å². The van der Waals surface area contributed by atoms with Gasteiger partial charge in [-0.1, -0.05) is 60.1 Å². The molecule has 2 heterocycles. The second-order valence-electron chi connectivity index (χ2n) is 8.39. The van der Waals surface area contributed by atoms with E-state index in [9.17, 15) is 4.79 Å². The van der Waals surface area contributed by atoms with Gasteiger partial charge >= 0.3 is 5.97 Å². The maximum Gasteiger partial charge on any atom is 0.340 e. The van der Waals surface area contributed by atoms with Gasteiger partial charge in [-0.25, -0.2) is 4.79 Å². The Hall–Kier alpha value is -3.26. The molecule has 8 heteroatoms. The molecule has 34 heavy (non-hydrogen) atoms. The fourth-order valence-electron chi connectivity index (χ4n) is 4.43. The summed E-state index contributed by atoms with van der Waals surface area (Å²) in [7, 11) is 0. The first kappa shape index (κ1) is 22.5. The van der Waals surface area contributed by atoms with Crippen LogP contribution >= 0.6 is 11.6 Å². The third-order valence-electron chi connectivity index (χ3n) is 6.20. The van der Waals surface area contributed by atoms with Gasteiger partial charge in [0.15, 0.2) is 6.10 Å². The van der Waals surface area contributed by atoms with Gasteiger partial charge in [0.25, 0.3) is 0 Å². The molecule has 7 nitrogen and oxygen atoms in total. The number of rotatable bonds is 7. The number of fused-ring (bicyclic) bond motifs is 1. The zero-order valence-electron chi connectivity index (χ0n) is 18.5. The molecule has 0 saturated carbocycles. The van der Waals surface area contributed by atoms with E-state index in [0.29, 0.717) is 29.4 Å². The summed E-state index contributed by atoms with van der Waals surface area (Å²) < 4.78 is 12.4. The molecule has 0 amide bonds. The molecule has 0 radical (unpaired) electrons. The van der Waals surface area contributed by atoms with E-state index < -0.39 is 12.1 Å². The average molecular weight is 477 g/mol. The van der Waals surface area contributed by atoms with Crippen molar-refractivity contribution in [2.75, 3.05) is 13.1 Å². The Morgan fingerprint density at radius 1 is 1.09 bits per heavy atom. The first-order chi connectivity index (χ1) is 16.7. The third kappa shape index (κ3) is 4.97. The molecule has 3 atom stereocenters. The van der Waals surface area contributed by atoms with Crippen molar-refractivity contribution in [1.82, 2.24) is 20.7 Å². The van der Waals surface area contributed by atoms with E-state index in [1.807, 2.05) is 12.1 Å². The number of aromatic nitrogens is 3. The normalized spacial score (nSPS) is 19.1. The molecule has 4 aromatic rings. The van der Waals surface area contributed by atoms with Crippen LogP contribution in [0.25, 0.3) is 10.8 Å². The van der Waals surface area contributed by atoms with Crippen molar-refractivity contribution in [2.45, 2.75) is 25.2 Å². The summed E-state index contributed by atoms with van der Waals surface area (Å²) in [5.74, 6) is -0.594. The number of esters is 1. The largest absolute Gasteiger partial charge is 0.452 e. The van der Waals surface area contributed by atoms with Crippen molar-refractivity contribution < 1.29 is 14.3 Å². The SMILES string of the molecule is O=C(OC(c1cn[nH]n1)C1CCNCC1OCc1ccc2ccccc2c1)c1ccccc1Cl. The van der Waals surface area contributed by atoms with E-state index in [1.165, 1.54) is 10.8 Å². The zero-order chi connectivity index (χ0) is 23.3. The molecule has 3 aromatic carbocycles. The lowest BCUT2D eigenvalue weighted by atomic mass is 9.87. The number of aromatic amines is 1. The molecule has 174 valence electrons. The quantitative estimate of drug-likeness (QED) is 0.376. The van der Waals surface area contributed by atoms with Crippen LogP contribution in [-0.4, -0.2) is 40.6 Å². The van der Waals surface area contributed by atoms with Crippen LogP contribution in [0.2, 0.25) is 5.02 Å². The van der Waals surface area contributed by atoms with Crippen LogP contribution in [-0.2, 0) is 16.1 Å². The number of ether oxygens (including phenoxy) is 2. The minimum absolute atomic E-state index is 0.0988. The second kappa shape index (κ2) is 10.3. The van der Waals surface area contributed by atoms with Crippen LogP contribution in [0.15, 0.2) is 72.9 Å². The highest BCUT2D eigenvalue weighted by atomic mass is 35.5. The number of carbonyl (C=O) groups excluding carboxylic acids is 1. The smallest absolute Gasteiger partial charge is 0.340 e. The third-order valence-corrected chi connectivity index (χ3v) is 6.53. The van der Waals surface area contributed by atoms with Crippen molar-refractivity contribution in [3.63, 3.8) is 0 Å². The van der Waals surface area contributed by atoms with Gasteiger partial charge < -0.3 is 14.8 Å². The Bertz CT molecular complexity index is 1260. The summed E-state index contributed by atoms with van der Waals surface area (Å²) in [6, 6.07) is 21.4. The van der Waals surface area contributed by atoms with E-state index in [4.69, 9.17) is 21.1 Å². The molecule has 0 bridgehead atoms. The number of hydrogen-bond donors (Lipinski definition) is 2. The molecule has 2 N–H and O–H groups in total. The fraction of sp³-hybridized carbons (Fsp3) is 0.269. The zero-order valence-corrected chi connectivity index (χ0v) is 19.2. The minimum Gasteiger partial charge on any atom is -0.452 e. The highest BCUT2D eigenvalue weighted by Crippen LogP contribution is 2.34. The van der Waals surface area contributed by atoms with Crippen LogP contribution < -0.4 is 5.32 Å². The molecular formula is C26H25ClN4O3. The lowest BCUT2D eigenvalue weighted by Crippen LogP contribution is -2.45. The van der Waals surface area contributed by atoms with E-state index in [2.05, 4.69) is 51.1 Å². The second-order valence-corrected chi connectivity index (χ2v) is 8.80. The van der Waals surface area contributed by atoms with Gasteiger partial charge in [0.05, 0.1) is 29.5 Å². The topological polar surface area (TPSA) is 89.1 Å². The van der Waals surface area contributed by atoms with Gasteiger partial charge in [0.1, 0.15) is 5.69 Å². The molecule has 1 aliphatic heterocycles. The van der Waals surface area contributed by atoms with Gasteiger partial charge in [0.2, 0.25) is 0 Å². The van der Waals surface area contributed by atoms with Crippen molar-refractivity contribution in [2.24, 2.45) is 5.92 Å². The van der Waals surface area contributed by atoms with Crippen molar-refractivity contribution in [1.29, 1.82) is 0 Å². The summed E-state index contributed by atoms with van der Waals surface area (Å²) in [4.78, 5) is 13.0. The monoisotopic (exact) mass is 476 g/mol. The number of piperidine rings is 1. The van der Waals surface area contributed by atoms with Crippen LogP contribution in [0.4, 0.5) is 0 Å². The Morgan fingerprint density at radius 2 is 1.91 bits per heavy atom. The molecule has 0 spiro atoms.